The summed E-state index contributed by atoms with van der Waals surface area (Å²) < 4.78 is 5.32. The van der Waals surface area contributed by atoms with Crippen LogP contribution in [0.25, 0.3) is 0 Å². The number of anilines is 1. The molecule has 0 saturated heterocycles. The third-order valence-corrected chi connectivity index (χ3v) is 4.97. The lowest BCUT2D eigenvalue weighted by molar-refractivity contribution is -0.132. The third kappa shape index (κ3) is 4.64. The highest BCUT2D eigenvalue weighted by Gasteiger charge is 2.45. The van der Waals surface area contributed by atoms with Crippen LogP contribution >= 0.6 is 34.8 Å². The van der Waals surface area contributed by atoms with Crippen molar-refractivity contribution in [2.24, 2.45) is 5.10 Å². The summed E-state index contributed by atoms with van der Waals surface area (Å²) in [5, 5.41) is 18.0. The first kappa shape index (κ1) is 21.4. The smallest absolute Gasteiger partial charge is 0.277 e. The quantitative estimate of drug-likeness (QED) is 0.455. The van der Waals surface area contributed by atoms with Crippen LogP contribution in [0.2, 0.25) is 15.1 Å². The molecular formula is C19H16Cl3N3O4. The van der Waals surface area contributed by atoms with Gasteiger partial charge in [0.2, 0.25) is 0 Å². The predicted octanol–water partition coefficient (Wildman–Crippen LogP) is 3.75. The number of nitrogens with one attached hydrogen (secondary N) is 2. The Balaban J connectivity index is 1.60. The van der Waals surface area contributed by atoms with Crippen molar-refractivity contribution in [3.05, 3.63) is 57.0 Å². The average molecular weight is 457 g/mol. The van der Waals surface area contributed by atoms with Crippen molar-refractivity contribution in [1.82, 2.24) is 5.43 Å². The third-order valence-electron chi connectivity index (χ3n) is 4.19. The van der Waals surface area contributed by atoms with Crippen molar-refractivity contribution in [2.45, 2.75) is 18.9 Å². The minimum atomic E-state index is -1.75. The lowest BCUT2D eigenvalue weighted by atomic mass is 9.90. The molecule has 29 heavy (non-hydrogen) atoms. The molecule has 2 aromatic rings. The number of hydrazone groups is 1. The Morgan fingerprint density at radius 2 is 1.90 bits per heavy atom. The average Bonchev–Trinajstić information content (AvgIpc) is 2.89. The molecule has 3 rings (SSSR count). The first-order chi connectivity index (χ1) is 13.7. The van der Waals surface area contributed by atoms with E-state index >= 15 is 0 Å². The second kappa shape index (κ2) is 8.59. The number of ether oxygens (including phenoxy) is 1. The zero-order chi connectivity index (χ0) is 21.2. The molecule has 7 nitrogen and oxygen atoms in total. The second-order valence-corrected chi connectivity index (χ2v) is 7.66. The SMILES string of the molecule is C/C(CC1(O)C(=O)Nc2ccccc21)=N\NC(=O)COc1c(Cl)cc(Cl)cc1Cl. The van der Waals surface area contributed by atoms with E-state index in [-0.39, 0.29) is 22.2 Å². The Morgan fingerprint density at radius 3 is 2.59 bits per heavy atom. The van der Waals surface area contributed by atoms with E-state index in [0.29, 0.717) is 22.0 Å². The van der Waals surface area contributed by atoms with Gasteiger partial charge in [-0.3, -0.25) is 9.59 Å². The monoisotopic (exact) mass is 455 g/mol. The fourth-order valence-corrected chi connectivity index (χ4v) is 3.81. The summed E-state index contributed by atoms with van der Waals surface area (Å²) in [4.78, 5) is 24.2. The molecule has 3 N–H and O–H groups in total. The van der Waals surface area contributed by atoms with Crippen molar-refractivity contribution in [1.29, 1.82) is 0 Å². The van der Waals surface area contributed by atoms with Crippen LogP contribution in [0.5, 0.6) is 5.75 Å². The largest absolute Gasteiger partial charge is 0.481 e. The molecular weight excluding hydrogens is 441 g/mol. The number of halogens is 3. The van der Waals surface area contributed by atoms with E-state index in [1.54, 1.807) is 31.2 Å². The van der Waals surface area contributed by atoms with Gasteiger partial charge in [-0.15, -0.1) is 0 Å². The van der Waals surface area contributed by atoms with Gasteiger partial charge >= 0.3 is 0 Å². The van der Waals surface area contributed by atoms with Crippen LogP contribution in [0.3, 0.4) is 0 Å². The molecule has 2 amide bonds. The maximum absolute atomic E-state index is 12.2. The molecule has 0 bridgehead atoms. The van der Waals surface area contributed by atoms with Gasteiger partial charge in [0.1, 0.15) is 0 Å². The standard InChI is InChI=1S/C19H16Cl3N3O4/c1-10(8-19(28)12-4-2-3-5-15(12)23-18(19)27)24-25-16(26)9-29-17-13(21)6-11(20)7-14(17)22/h2-7,28H,8-9H2,1H3,(H,23,27)(H,25,26)/b24-10+. The summed E-state index contributed by atoms with van der Waals surface area (Å²) in [6.07, 6.45) is -0.0914. The number of carbonyl (C=O) groups excluding carboxylic acids is 2. The van der Waals surface area contributed by atoms with Gasteiger partial charge in [-0.2, -0.15) is 5.10 Å². The van der Waals surface area contributed by atoms with Crippen molar-refractivity contribution in [2.75, 3.05) is 11.9 Å². The predicted molar refractivity (Wildman–Crippen MR) is 112 cm³/mol. The van der Waals surface area contributed by atoms with E-state index in [4.69, 9.17) is 39.5 Å². The summed E-state index contributed by atoms with van der Waals surface area (Å²) in [7, 11) is 0. The van der Waals surface area contributed by atoms with Gasteiger partial charge in [-0.1, -0.05) is 53.0 Å². The number of aliphatic hydroxyl groups is 1. The maximum atomic E-state index is 12.2. The number of amides is 2. The van der Waals surface area contributed by atoms with Gasteiger partial charge in [-0.25, -0.2) is 5.43 Å². The van der Waals surface area contributed by atoms with E-state index < -0.39 is 24.0 Å². The molecule has 0 spiro atoms. The summed E-state index contributed by atoms with van der Waals surface area (Å²) >= 11 is 17.8. The van der Waals surface area contributed by atoms with Crippen molar-refractivity contribution in [3.63, 3.8) is 0 Å². The molecule has 10 heteroatoms. The Hall–Kier alpha value is -2.32. The molecule has 0 aromatic heterocycles. The van der Waals surface area contributed by atoms with Crippen molar-refractivity contribution in [3.8, 4) is 5.75 Å². The molecule has 0 radical (unpaired) electrons. The van der Waals surface area contributed by atoms with Crippen LogP contribution in [0.15, 0.2) is 41.5 Å². The molecule has 0 aliphatic carbocycles. The van der Waals surface area contributed by atoms with Gasteiger partial charge in [0, 0.05) is 28.4 Å². The van der Waals surface area contributed by atoms with Crippen LogP contribution in [-0.2, 0) is 15.2 Å². The van der Waals surface area contributed by atoms with Crippen LogP contribution in [0, 0.1) is 0 Å². The van der Waals surface area contributed by atoms with Gasteiger partial charge < -0.3 is 15.2 Å². The van der Waals surface area contributed by atoms with E-state index in [1.165, 1.54) is 12.1 Å². The Morgan fingerprint density at radius 1 is 1.24 bits per heavy atom. The van der Waals surface area contributed by atoms with E-state index in [2.05, 4.69) is 15.8 Å². The second-order valence-electron chi connectivity index (χ2n) is 6.41. The van der Waals surface area contributed by atoms with Crippen LogP contribution in [0.4, 0.5) is 5.69 Å². The van der Waals surface area contributed by atoms with Crippen LogP contribution in [0.1, 0.15) is 18.9 Å². The first-order valence-electron chi connectivity index (χ1n) is 8.43. The highest BCUT2D eigenvalue weighted by atomic mass is 35.5. The van der Waals surface area contributed by atoms with Gasteiger partial charge in [0.15, 0.2) is 18.0 Å². The summed E-state index contributed by atoms with van der Waals surface area (Å²) in [5.41, 5.74) is 1.89. The lowest BCUT2D eigenvalue weighted by Gasteiger charge is -2.20. The number of hydrogen-bond donors (Lipinski definition) is 3. The van der Waals surface area contributed by atoms with Crippen molar-refractivity contribution < 1.29 is 19.4 Å². The fraction of sp³-hybridized carbons (Fsp3) is 0.211. The van der Waals surface area contributed by atoms with Gasteiger partial charge in [0.25, 0.3) is 11.8 Å². The summed E-state index contributed by atoms with van der Waals surface area (Å²) in [5.74, 6) is -0.994. The van der Waals surface area contributed by atoms with E-state index in [9.17, 15) is 14.7 Å². The molecule has 1 aliphatic heterocycles. The van der Waals surface area contributed by atoms with Crippen LogP contribution < -0.4 is 15.5 Å². The number of nitrogens with zero attached hydrogens (tertiary/aromatic N) is 1. The molecule has 0 fully saturated rings. The molecule has 1 aliphatic rings. The highest BCUT2D eigenvalue weighted by Crippen LogP contribution is 2.38. The maximum Gasteiger partial charge on any atom is 0.277 e. The zero-order valence-electron chi connectivity index (χ0n) is 15.1. The number of hydrogen-bond acceptors (Lipinski definition) is 5. The number of benzene rings is 2. The number of fused-ring (bicyclic) bond motifs is 1. The molecule has 1 atom stereocenters. The zero-order valence-corrected chi connectivity index (χ0v) is 17.4. The van der Waals surface area contributed by atoms with Crippen LogP contribution in [-0.4, -0.2) is 29.2 Å². The topological polar surface area (TPSA) is 100 Å². The molecule has 1 heterocycles. The molecule has 152 valence electrons. The summed E-state index contributed by atoms with van der Waals surface area (Å²) in [6, 6.07) is 9.72. The minimum Gasteiger partial charge on any atom is -0.481 e. The van der Waals surface area contributed by atoms with Gasteiger partial charge in [0.05, 0.1) is 10.0 Å². The Kier molecular flexibility index (Phi) is 6.33. The Bertz CT molecular complexity index is 989. The number of carbonyl (C=O) groups is 2. The first-order valence-corrected chi connectivity index (χ1v) is 9.57. The Labute approximate surface area is 181 Å². The molecule has 1 unspecified atom stereocenters. The lowest BCUT2D eigenvalue weighted by Crippen LogP contribution is -2.36. The highest BCUT2D eigenvalue weighted by molar-refractivity contribution is 6.40. The van der Waals surface area contributed by atoms with E-state index in [0.717, 1.165) is 0 Å². The fourth-order valence-electron chi connectivity index (χ4n) is 2.88. The molecule has 2 aromatic carbocycles. The molecule has 0 saturated carbocycles. The number of rotatable bonds is 6. The normalized spacial score (nSPS) is 18.2. The van der Waals surface area contributed by atoms with Gasteiger partial charge in [-0.05, 0) is 25.1 Å². The van der Waals surface area contributed by atoms with Crippen molar-refractivity contribution >= 4 is 58.0 Å². The minimum absolute atomic E-state index is 0.0914. The number of para-hydroxylation sites is 1. The van der Waals surface area contributed by atoms with E-state index in [1.807, 2.05) is 0 Å². The summed E-state index contributed by atoms with van der Waals surface area (Å²) in [6.45, 7) is 1.19.